The molecule has 0 unspecified atom stereocenters. The highest BCUT2D eigenvalue weighted by Gasteiger charge is 2.17. The number of nitrogens with one attached hydrogen (secondary N) is 2. The Hall–Kier alpha value is -1.62. The molecule has 0 saturated heterocycles. The highest BCUT2D eigenvalue weighted by Crippen LogP contribution is 2.18. The number of anilines is 1. The van der Waals surface area contributed by atoms with E-state index in [9.17, 15) is 9.18 Å². The molecule has 3 N–H and O–H groups in total. The number of hydrogen-bond acceptors (Lipinski definition) is 3. The zero-order valence-electron chi connectivity index (χ0n) is 10.2. The normalized spacial score (nSPS) is 11.1. The molecule has 0 bridgehead atoms. The molecule has 1 amide bonds. The zero-order valence-corrected chi connectivity index (χ0v) is 10.2. The molecule has 94 valence electrons. The van der Waals surface area contributed by atoms with Gasteiger partial charge in [-0.1, -0.05) is 0 Å². The lowest BCUT2D eigenvalue weighted by Gasteiger charge is -2.25. The van der Waals surface area contributed by atoms with Crippen LogP contribution in [0.1, 0.15) is 24.2 Å². The summed E-state index contributed by atoms with van der Waals surface area (Å²) in [6.07, 6.45) is 0. The van der Waals surface area contributed by atoms with Gasteiger partial charge >= 0.3 is 0 Å². The topological polar surface area (TPSA) is 61.4 Å². The van der Waals surface area contributed by atoms with E-state index < -0.39 is 17.3 Å². The van der Waals surface area contributed by atoms with E-state index in [0.29, 0.717) is 5.69 Å². The first-order valence-electron chi connectivity index (χ1n) is 5.30. The molecule has 0 aliphatic rings. The van der Waals surface area contributed by atoms with E-state index in [2.05, 4.69) is 10.6 Å². The molecule has 1 aromatic carbocycles. The van der Waals surface area contributed by atoms with Crippen LogP contribution in [0.3, 0.4) is 0 Å². The SMILES string of the molecule is CNC(=O)c1ccc(NC(C)(C)CO)cc1F. The Morgan fingerprint density at radius 3 is 2.59 bits per heavy atom. The van der Waals surface area contributed by atoms with Gasteiger partial charge in [0.25, 0.3) is 5.91 Å². The van der Waals surface area contributed by atoms with Gasteiger partial charge in [-0.25, -0.2) is 4.39 Å². The number of hydrogen-bond donors (Lipinski definition) is 3. The number of amides is 1. The molecular weight excluding hydrogens is 223 g/mol. The summed E-state index contributed by atoms with van der Waals surface area (Å²) in [5, 5.41) is 14.4. The van der Waals surface area contributed by atoms with Gasteiger partial charge in [-0.3, -0.25) is 4.79 Å². The van der Waals surface area contributed by atoms with Gasteiger partial charge < -0.3 is 15.7 Å². The van der Waals surface area contributed by atoms with Gasteiger partial charge in [-0.05, 0) is 32.0 Å². The van der Waals surface area contributed by atoms with Gasteiger partial charge in [0.05, 0.1) is 17.7 Å². The van der Waals surface area contributed by atoms with Crippen LogP contribution in [-0.4, -0.2) is 30.2 Å². The number of carbonyl (C=O) groups is 1. The molecule has 0 atom stereocenters. The molecule has 5 heteroatoms. The summed E-state index contributed by atoms with van der Waals surface area (Å²) >= 11 is 0. The second-order valence-corrected chi connectivity index (χ2v) is 4.44. The largest absolute Gasteiger partial charge is 0.394 e. The lowest BCUT2D eigenvalue weighted by Crippen LogP contribution is -2.35. The highest BCUT2D eigenvalue weighted by molar-refractivity contribution is 5.94. The molecule has 1 aromatic rings. The van der Waals surface area contributed by atoms with E-state index >= 15 is 0 Å². The van der Waals surface area contributed by atoms with Gasteiger partial charge in [-0.15, -0.1) is 0 Å². The van der Waals surface area contributed by atoms with Crippen molar-refractivity contribution in [2.24, 2.45) is 0 Å². The van der Waals surface area contributed by atoms with E-state index in [1.54, 1.807) is 19.9 Å². The Labute approximate surface area is 99.8 Å². The molecule has 0 aliphatic heterocycles. The van der Waals surface area contributed by atoms with E-state index in [-0.39, 0.29) is 12.2 Å². The molecule has 0 aromatic heterocycles. The summed E-state index contributed by atoms with van der Waals surface area (Å²) in [6.45, 7) is 3.50. The molecule has 17 heavy (non-hydrogen) atoms. The Bertz CT molecular complexity index is 419. The summed E-state index contributed by atoms with van der Waals surface area (Å²) < 4.78 is 13.6. The van der Waals surface area contributed by atoms with Crippen molar-refractivity contribution in [3.8, 4) is 0 Å². The lowest BCUT2D eigenvalue weighted by atomic mass is 10.1. The van der Waals surface area contributed by atoms with Crippen LogP contribution < -0.4 is 10.6 Å². The summed E-state index contributed by atoms with van der Waals surface area (Å²) in [6, 6.07) is 4.25. The quantitative estimate of drug-likeness (QED) is 0.745. The number of aliphatic hydroxyl groups is 1. The van der Waals surface area contributed by atoms with Crippen LogP contribution in [-0.2, 0) is 0 Å². The average Bonchev–Trinajstić information content (AvgIpc) is 2.28. The Kier molecular flexibility index (Phi) is 4.07. The van der Waals surface area contributed by atoms with Crippen molar-refractivity contribution in [1.29, 1.82) is 0 Å². The first-order valence-corrected chi connectivity index (χ1v) is 5.30. The van der Waals surface area contributed by atoms with Crippen molar-refractivity contribution in [3.05, 3.63) is 29.6 Å². The number of carbonyl (C=O) groups excluding carboxylic acids is 1. The van der Waals surface area contributed by atoms with E-state index in [1.165, 1.54) is 19.2 Å². The maximum Gasteiger partial charge on any atom is 0.253 e. The molecule has 4 nitrogen and oxygen atoms in total. The van der Waals surface area contributed by atoms with Gasteiger partial charge in [0, 0.05) is 12.7 Å². The Morgan fingerprint density at radius 2 is 2.12 bits per heavy atom. The van der Waals surface area contributed by atoms with E-state index in [0.717, 1.165) is 0 Å². The molecule has 1 rings (SSSR count). The Morgan fingerprint density at radius 1 is 1.47 bits per heavy atom. The minimum absolute atomic E-state index is 0.000135. The van der Waals surface area contributed by atoms with Crippen LogP contribution in [0, 0.1) is 5.82 Å². The van der Waals surface area contributed by atoms with Gasteiger partial charge in [-0.2, -0.15) is 0 Å². The molecule has 0 aliphatic carbocycles. The monoisotopic (exact) mass is 240 g/mol. The minimum atomic E-state index is -0.594. The smallest absolute Gasteiger partial charge is 0.253 e. The van der Waals surface area contributed by atoms with Crippen molar-refractivity contribution in [2.45, 2.75) is 19.4 Å². The molecular formula is C12H17FN2O2. The second-order valence-electron chi connectivity index (χ2n) is 4.44. The molecule has 0 heterocycles. The van der Waals surface area contributed by atoms with Crippen molar-refractivity contribution in [2.75, 3.05) is 19.0 Å². The predicted octanol–water partition coefficient (Wildman–Crippen LogP) is 1.37. The zero-order chi connectivity index (χ0) is 13.1. The van der Waals surface area contributed by atoms with Crippen LogP contribution in [0.25, 0.3) is 0 Å². The molecule has 0 radical (unpaired) electrons. The van der Waals surface area contributed by atoms with Crippen molar-refractivity contribution < 1.29 is 14.3 Å². The first-order chi connectivity index (χ1) is 7.89. The van der Waals surface area contributed by atoms with Crippen LogP contribution in [0.5, 0.6) is 0 Å². The number of rotatable bonds is 4. The van der Waals surface area contributed by atoms with Crippen LogP contribution in [0.2, 0.25) is 0 Å². The fourth-order valence-corrected chi connectivity index (χ4v) is 1.34. The maximum atomic E-state index is 13.6. The molecule has 0 spiro atoms. The minimum Gasteiger partial charge on any atom is -0.394 e. The number of benzene rings is 1. The van der Waals surface area contributed by atoms with Crippen molar-refractivity contribution in [3.63, 3.8) is 0 Å². The van der Waals surface area contributed by atoms with Crippen LogP contribution in [0.15, 0.2) is 18.2 Å². The Balaban J connectivity index is 2.93. The predicted molar refractivity (Wildman–Crippen MR) is 64.6 cm³/mol. The maximum absolute atomic E-state index is 13.6. The summed E-state index contributed by atoms with van der Waals surface area (Å²) in [5.74, 6) is -1.06. The third-order valence-corrected chi connectivity index (χ3v) is 2.32. The highest BCUT2D eigenvalue weighted by atomic mass is 19.1. The summed E-state index contributed by atoms with van der Waals surface area (Å²) in [4.78, 5) is 11.3. The fraction of sp³-hybridized carbons (Fsp3) is 0.417. The van der Waals surface area contributed by atoms with Gasteiger partial charge in [0.1, 0.15) is 5.82 Å². The van der Waals surface area contributed by atoms with Gasteiger partial charge in [0.2, 0.25) is 0 Å². The lowest BCUT2D eigenvalue weighted by molar-refractivity contribution is 0.0959. The van der Waals surface area contributed by atoms with Crippen LogP contribution in [0.4, 0.5) is 10.1 Å². The first kappa shape index (κ1) is 13.4. The second kappa shape index (κ2) is 5.14. The summed E-state index contributed by atoms with van der Waals surface area (Å²) in [7, 11) is 1.45. The third kappa shape index (κ3) is 3.42. The molecule has 0 fully saturated rings. The number of aliphatic hydroxyl groups excluding tert-OH is 1. The number of halogens is 1. The summed E-state index contributed by atoms with van der Waals surface area (Å²) in [5.41, 5.74) is -0.0184. The average molecular weight is 240 g/mol. The fourth-order valence-electron chi connectivity index (χ4n) is 1.34. The standard InChI is InChI=1S/C12H17FN2O2/c1-12(2,7-16)15-8-4-5-9(10(13)6-8)11(17)14-3/h4-6,15-16H,7H2,1-3H3,(H,14,17). The van der Waals surface area contributed by atoms with E-state index in [4.69, 9.17) is 5.11 Å². The van der Waals surface area contributed by atoms with Crippen molar-refractivity contribution >= 4 is 11.6 Å². The third-order valence-electron chi connectivity index (χ3n) is 2.32. The molecule has 0 saturated carbocycles. The van der Waals surface area contributed by atoms with Crippen molar-refractivity contribution in [1.82, 2.24) is 5.32 Å². The van der Waals surface area contributed by atoms with Gasteiger partial charge in [0.15, 0.2) is 0 Å². The van der Waals surface area contributed by atoms with E-state index in [1.807, 2.05) is 0 Å². The van der Waals surface area contributed by atoms with Crippen LogP contribution >= 0.6 is 0 Å².